The van der Waals surface area contributed by atoms with Gasteiger partial charge in [0.05, 0.1) is 12.7 Å². The average molecular weight is 281 g/mol. The third kappa shape index (κ3) is 3.06. The van der Waals surface area contributed by atoms with Crippen LogP contribution in [-0.2, 0) is 12.8 Å². The van der Waals surface area contributed by atoms with E-state index in [1.807, 2.05) is 12.1 Å². The summed E-state index contributed by atoms with van der Waals surface area (Å²) >= 11 is 6.15. The lowest BCUT2D eigenvalue weighted by molar-refractivity contribution is 0.142. The van der Waals surface area contributed by atoms with Gasteiger partial charge in [0.2, 0.25) is 0 Å². The normalized spacial score (nSPS) is 20.3. The van der Waals surface area contributed by atoms with Crippen molar-refractivity contribution in [3.8, 4) is 5.75 Å². The van der Waals surface area contributed by atoms with Crippen molar-refractivity contribution in [3.05, 3.63) is 28.3 Å². The van der Waals surface area contributed by atoms with E-state index in [4.69, 9.17) is 16.3 Å². The molecule has 1 aromatic carbocycles. The molecule has 2 nitrogen and oxygen atoms in total. The fraction of sp³-hybridized carbons (Fsp3) is 0.625. The lowest BCUT2D eigenvalue weighted by Crippen LogP contribution is -2.15. The van der Waals surface area contributed by atoms with E-state index in [1.54, 1.807) is 0 Å². The van der Waals surface area contributed by atoms with E-state index in [-0.39, 0.29) is 6.10 Å². The van der Waals surface area contributed by atoms with Crippen LogP contribution in [0.3, 0.4) is 0 Å². The Morgan fingerprint density at radius 1 is 1.32 bits per heavy atom. The van der Waals surface area contributed by atoms with E-state index < -0.39 is 0 Å². The van der Waals surface area contributed by atoms with E-state index in [2.05, 4.69) is 0 Å². The minimum Gasteiger partial charge on any atom is -0.493 e. The van der Waals surface area contributed by atoms with Gasteiger partial charge in [-0.2, -0.15) is 0 Å². The fourth-order valence-corrected chi connectivity index (χ4v) is 3.73. The van der Waals surface area contributed by atoms with Crippen molar-refractivity contribution in [1.82, 2.24) is 0 Å². The van der Waals surface area contributed by atoms with Crippen molar-refractivity contribution in [2.75, 3.05) is 6.61 Å². The zero-order valence-electron chi connectivity index (χ0n) is 11.2. The molecule has 3 heteroatoms. The molecule has 1 N–H and O–H groups in total. The fourth-order valence-electron chi connectivity index (χ4n) is 3.47. The van der Waals surface area contributed by atoms with Gasteiger partial charge in [0.1, 0.15) is 5.75 Å². The first-order valence-corrected chi connectivity index (χ1v) is 7.72. The molecule has 0 aromatic heterocycles. The van der Waals surface area contributed by atoms with E-state index in [9.17, 15) is 5.11 Å². The molecule has 0 spiro atoms. The summed E-state index contributed by atoms with van der Waals surface area (Å²) in [5.41, 5.74) is 2.26. The molecule has 2 aliphatic rings. The van der Waals surface area contributed by atoms with Gasteiger partial charge >= 0.3 is 0 Å². The van der Waals surface area contributed by atoms with Crippen LogP contribution in [0.2, 0.25) is 5.02 Å². The average Bonchev–Trinajstić information content (AvgIpc) is 2.99. The first-order chi connectivity index (χ1) is 9.22. The second kappa shape index (κ2) is 5.72. The van der Waals surface area contributed by atoms with Gasteiger partial charge in [0.25, 0.3) is 0 Å². The van der Waals surface area contributed by atoms with Crippen LogP contribution < -0.4 is 4.74 Å². The second-order valence-electron chi connectivity index (χ2n) is 5.90. The summed E-state index contributed by atoms with van der Waals surface area (Å²) in [5.74, 6) is 1.68. The van der Waals surface area contributed by atoms with Crippen molar-refractivity contribution < 1.29 is 9.84 Å². The van der Waals surface area contributed by atoms with Gasteiger partial charge in [-0.15, -0.1) is 0 Å². The molecule has 1 aliphatic heterocycles. The molecule has 0 bridgehead atoms. The molecule has 0 saturated heterocycles. The predicted molar refractivity (Wildman–Crippen MR) is 76.9 cm³/mol. The lowest BCUT2D eigenvalue weighted by Gasteiger charge is -2.17. The molecule has 1 fully saturated rings. The molecular weight excluding hydrogens is 260 g/mol. The summed E-state index contributed by atoms with van der Waals surface area (Å²) in [7, 11) is 0. The second-order valence-corrected chi connectivity index (χ2v) is 6.33. The van der Waals surface area contributed by atoms with Crippen LogP contribution in [0.1, 0.15) is 43.2 Å². The predicted octanol–water partition coefficient (Wildman–Crippen LogP) is 3.76. The van der Waals surface area contributed by atoms with Crippen molar-refractivity contribution in [2.45, 2.75) is 51.0 Å². The maximum Gasteiger partial charge on any atom is 0.126 e. The third-order valence-corrected chi connectivity index (χ3v) is 4.58. The molecule has 19 heavy (non-hydrogen) atoms. The van der Waals surface area contributed by atoms with E-state index in [0.29, 0.717) is 12.3 Å². The van der Waals surface area contributed by atoms with Crippen LogP contribution in [0.4, 0.5) is 0 Å². The number of hydrogen-bond donors (Lipinski definition) is 1. The molecule has 104 valence electrons. The number of aliphatic hydroxyl groups excluding tert-OH is 1. The summed E-state index contributed by atoms with van der Waals surface area (Å²) in [4.78, 5) is 0. The first kappa shape index (κ1) is 13.3. The van der Waals surface area contributed by atoms with E-state index >= 15 is 0 Å². The van der Waals surface area contributed by atoms with Crippen molar-refractivity contribution in [3.63, 3.8) is 0 Å². The minimum atomic E-state index is -0.269. The van der Waals surface area contributed by atoms with Gasteiger partial charge in [-0.25, -0.2) is 0 Å². The van der Waals surface area contributed by atoms with Crippen LogP contribution in [0, 0.1) is 5.92 Å². The molecule has 3 rings (SSSR count). The summed E-state index contributed by atoms with van der Waals surface area (Å²) in [5, 5.41) is 11.0. The maximum absolute atomic E-state index is 10.3. The van der Waals surface area contributed by atoms with Crippen LogP contribution in [-0.4, -0.2) is 17.8 Å². The molecular formula is C16H21ClO2. The molecule has 1 unspecified atom stereocenters. The lowest BCUT2D eigenvalue weighted by atomic mass is 9.95. The minimum absolute atomic E-state index is 0.269. The van der Waals surface area contributed by atoms with Crippen LogP contribution >= 0.6 is 11.6 Å². The topological polar surface area (TPSA) is 29.5 Å². The third-order valence-electron chi connectivity index (χ3n) is 4.36. The van der Waals surface area contributed by atoms with Gasteiger partial charge in [0.15, 0.2) is 0 Å². The quantitative estimate of drug-likeness (QED) is 0.910. The summed E-state index contributed by atoms with van der Waals surface area (Å²) in [6, 6.07) is 3.93. The Hall–Kier alpha value is -0.730. The Morgan fingerprint density at radius 3 is 2.89 bits per heavy atom. The number of fused-ring (bicyclic) bond motifs is 1. The maximum atomic E-state index is 10.3. The Morgan fingerprint density at radius 2 is 2.11 bits per heavy atom. The van der Waals surface area contributed by atoms with Gasteiger partial charge in [-0.05, 0) is 35.6 Å². The molecule has 1 saturated carbocycles. The highest BCUT2D eigenvalue weighted by Crippen LogP contribution is 2.35. The number of hydrogen-bond acceptors (Lipinski definition) is 2. The molecule has 1 heterocycles. The van der Waals surface area contributed by atoms with E-state index in [0.717, 1.165) is 35.8 Å². The Balaban J connectivity index is 1.68. The number of halogens is 1. The number of ether oxygens (including phenoxy) is 1. The SMILES string of the molecule is OC(Cc1cc(Cl)cc2c1OCC2)CC1CCCC1. The Kier molecular flexibility index (Phi) is 3.99. The zero-order valence-corrected chi connectivity index (χ0v) is 12.0. The first-order valence-electron chi connectivity index (χ1n) is 7.34. The van der Waals surface area contributed by atoms with Crippen molar-refractivity contribution >= 4 is 11.6 Å². The summed E-state index contributed by atoms with van der Waals surface area (Å²) in [6.45, 7) is 0.737. The van der Waals surface area contributed by atoms with Gasteiger partial charge in [0, 0.05) is 17.9 Å². The van der Waals surface area contributed by atoms with Crippen LogP contribution in [0.25, 0.3) is 0 Å². The number of aliphatic hydroxyl groups is 1. The summed E-state index contributed by atoms with van der Waals surface area (Å²) < 4.78 is 5.69. The molecule has 0 radical (unpaired) electrons. The smallest absolute Gasteiger partial charge is 0.126 e. The highest BCUT2D eigenvalue weighted by Gasteiger charge is 2.22. The van der Waals surface area contributed by atoms with Crippen LogP contribution in [0.5, 0.6) is 5.75 Å². The molecule has 1 aromatic rings. The van der Waals surface area contributed by atoms with Crippen molar-refractivity contribution in [2.24, 2.45) is 5.92 Å². The number of rotatable bonds is 4. The zero-order chi connectivity index (χ0) is 13.2. The monoisotopic (exact) mass is 280 g/mol. The van der Waals surface area contributed by atoms with E-state index in [1.165, 1.54) is 31.2 Å². The molecule has 1 aliphatic carbocycles. The number of benzene rings is 1. The standard InChI is InChI=1S/C16H21ClO2/c17-14-8-12-5-6-19-16(12)13(9-14)10-15(18)7-11-3-1-2-4-11/h8-9,11,15,18H,1-7,10H2. The molecule has 0 amide bonds. The largest absolute Gasteiger partial charge is 0.493 e. The van der Waals surface area contributed by atoms with Crippen molar-refractivity contribution in [1.29, 1.82) is 0 Å². The van der Waals surface area contributed by atoms with Crippen LogP contribution in [0.15, 0.2) is 12.1 Å². The van der Waals surface area contributed by atoms with Gasteiger partial charge in [-0.1, -0.05) is 37.3 Å². The summed E-state index contributed by atoms with van der Waals surface area (Å²) in [6.07, 6.45) is 7.46. The highest BCUT2D eigenvalue weighted by atomic mass is 35.5. The Bertz CT molecular complexity index is 452. The highest BCUT2D eigenvalue weighted by molar-refractivity contribution is 6.30. The van der Waals surface area contributed by atoms with Gasteiger partial charge in [-0.3, -0.25) is 0 Å². The van der Waals surface area contributed by atoms with Gasteiger partial charge < -0.3 is 9.84 Å². The molecule has 1 atom stereocenters. The Labute approximate surface area is 119 Å².